The molecule has 1 aliphatic heterocycles. The molecule has 2 aromatic heterocycles. The van der Waals surface area contributed by atoms with Gasteiger partial charge in [0.2, 0.25) is 11.9 Å². The first-order chi connectivity index (χ1) is 12.2. The Morgan fingerprint density at radius 3 is 2.65 bits per heavy atom. The minimum atomic E-state index is 0.0392. The quantitative estimate of drug-likeness (QED) is 0.914. The van der Waals surface area contributed by atoms with E-state index in [0.29, 0.717) is 18.9 Å². The molecule has 0 bridgehead atoms. The number of nitrogens with one attached hydrogen (secondary N) is 1. The average molecular weight is 353 g/mol. The van der Waals surface area contributed by atoms with Crippen molar-refractivity contribution in [3.63, 3.8) is 0 Å². The highest BCUT2D eigenvalue weighted by Crippen LogP contribution is 2.23. The molecule has 6 heteroatoms. The Morgan fingerprint density at radius 1 is 1.19 bits per heavy atom. The number of hydrogen-bond acceptors (Lipinski definition) is 5. The van der Waals surface area contributed by atoms with Crippen LogP contribution in [0.25, 0.3) is 11.3 Å². The van der Waals surface area contributed by atoms with Crippen molar-refractivity contribution in [2.45, 2.75) is 47.1 Å². The molecule has 1 fully saturated rings. The zero-order valence-electron chi connectivity index (χ0n) is 16.2. The summed E-state index contributed by atoms with van der Waals surface area (Å²) in [7, 11) is 0. The van der Waals surface area contributed by atoms with E-state index in [0.717, 1.165) is 29.2 Å². The molecule has 138 valence electrons. The monoisotopic (exact) mass is 353 g/mol. The summed E-state index contributed by atoms with van der Waals surface area (Å²) in [5.74, 6) is 0.741. The van der Waals surface area contributed by atoms with Crippen molar-refractivity contribution in [1.29, 1.82) is 0 Å². The van der Waals surface area contributed by atoms with Gasteiger partial charge in [-0.25, -0.2) is 9.97 Å². The number of hydrogen-bond donors (Lipinski definition) is 1. The molecular formula is C20H27N5O. The number of likely N-dealkylation sites (tertiary alicyclic amines) is 1. The van der Waals surface area contributed by atoms with E-state index in [4.69, 9.17) is 0 Å². The van der Waals surface area contributed by atoms with Crippen LogP contribution in [0.2, 0.25) is 0 Å². The van der Waals surface area contributed by atoms with Crippen LogP contribution >= 0.6 is 0 Å². The van der Waals surface area contributed by atoms with E-state index in [1.807, 2.05) is 36.9 Å². The van der Waals surface area contributed by atoms with Crippen LogP contribution in [-0.4, -0.2) is 44.9 Å². The second-order valence-electron chi connectivity index (χ2n) is 8.23. The van der Waals surface area contributed by atoms with E-state index in [2.05, 4.69) is 41.0 Å². The lowest BCUT2D eigenvalue weighted by Gasteiger charge is -2.26. The summed E-state index contributed by atoms with van der Waals surface area (Å²) in [5, 5.41) is 3.32. The summed E-state index contributed by atoms with van der Waals surface area (Å²) in [6.07, 6.45) is 2.22. The van der Waals surface area contributed by atoms with Crippen molar-refractivity contribution in [3.8, 4) is 11.3 Å². The highest BCUT2D eigenvalue weighted by atomic mass is 16.2. The largest absolute Gasteiger partial charge is 0.349 e. The van der Waals surface area contributed by atoms with Crippen LogP contribution in [0, 0.1) is 19.3 Å². The lowest BCUT2D eigenvalue weighted by atomic mass is 9.96. The van der Waals surface area contributed by atoms with Gasteiger partial charge in [0.25, 0.3) is 0 Å². The van der Waals surface area contributed by atoms with Gasteiger partial charge in [-0.2, -0.15) is 0 Å². The molecule has 6 nitrogen and oxygen atoms in total. The van der Waals surface area contributed by atoms with Crippen LogP contribution in [0.4, 0.5) is 5.95 Å². The van der Waals surface area contributed by atoms with Gasteiger partial charge in [0, 0.05) is 42.7 Å². The molecule has 0 saturated carbocycles. The molecule has 0 radical (unpaired) electrons. The Labute approximate surface area is 155 Å². The molecule has 1 atom stereocenters. The number of aromatic nitrogens is 3. The van der Waals surface area contributed by atoms with E-state index in [-0.39, 0.29) is 17.4 Å². The maximum Gasteiger partial charge on any atom is 0.224 e. The molecule has 26 heavy (non-hydrogen) atoms. The van der Waals surface area contributed by atoms with Crippen molar-refractivity contribution < 1.29 is 4.79 Å². The zero-order chi connectivity index (χ0) is 18.9. The van der Waals surface area contributed by atoms with E-state index < -0.39 is 0 Å². The fraction of sp³-hybridized carbons (Fsp3) is 0.500. The Hall–Kier alpha value is -2.50. The first-order valence-electron chi connectivity index (χ1n) is 9.03. The molecule has 1 saturated heterocycles. The zero-order valence-corrected chi connectivity index (χ0v) is 16.2. The van der Waals surface area contributed by atoms with E-state index in [1.54, 1.807) is 6.20 Å². The van der Waals surface area contributed by atoms with Crippen molar-refractivity contribution in [3.05, 3.63) is 35.8 Å². The average Bonchev–Trinajstić information content (AvgIpc) is 2.85. The third-order valence-corrected chi connectivity index (χ3v) is 4.37. The van der Waals surface area contributed by atoms with Gasteiger partial charge in [-0.15, -0.1) is 0 Å². The molecule has 0 aromatic carbocycles. The smallest absolute Gasteiger partial charge is 0.224 e. The maximum absolute atomic E-state index is 12.3. The van der Waals surface area contributed by atoms with Crippen LogP contribution in [0.15, 0.2) is 24.4 Å². The van der Waals surface area contributed by atoms with Gasteiger partial charge in [-0.1, -0.05) is 20.8 Å². The van der Waals surface area contributed by atoms with Crippen LogP contribution in [-0.2, 0) is 4.79 Å². The summed E-state index contributed by atoms with van der Waals surface area (Å²) in [5.41, 5.74) is 3.86. The van der Waals surface area contributed by atoms with Gasteiger partial charge in [-0.05, 0) is 37.5 Å². The third-order valence-electron chi connectivity index (χ3n) is 4.37. The number of aryl methyl sites for hydroxylation is 2. The van der Waals surface area contributed by atoms with Gasteiger partial charge in [0.1, 0.15) is 0 Å². The molecule has 2 aromatic rings. The molecule has 0 unspecified atom stereocenters. The van der Waals surface area contributed by atoms with E-state index >= 15 is 0 Å². The molecule has 0 spiro atoms. The first-order valence-corrected chi connectivity index (χ1v) is 9.03. The Morgan fingerprint density at radius 2 is 1.96 bits per heavy atom. The topological polar surface area (TPSA) is 71.0 Å². The predicted molar refractivity (Wildman–Crippen MR) is 103 cm³/mol. The second-order valence-corrected chi connectivity index (χ2v) is 8.23. The fourth-order valence-electron chi connectivity index (χ4n) is 3.31. The van der Waals surface area contributed by atoms with Crippen LogP contribution in [0.3, 0.4) is 0 Å². The minimum absolute atomic E-state index is 0.0392. The molecule has 3 rings (SSSR count). The van der Waals surface area contributed by atoms with E-state index in [9.17, 15) is 4.79 Å². The number of carbonyl (C=O) groups excluding carboxylic acids is 1. The number of pyridine rings is 1. The summed E-state index contributed by atoms with van der Waals surface area (Å²) < 4.78 is 0. The second kappa shape index (κ2) is 7.02. The molecule has 0 aliphatic carbocycles. The van der Waals surface area contributed by atoms with Crippen LogP contribution in [0.5, 0.6) is 0 Å². The molecule has 1 amide bonds. The third kappa shape index (κ3) is 4.36. The highest BCUT2D eigenvalue weighted by Gasteiger charge is 2.32. The number of amides is 1. The predicted octanol–water partition coefficient (Wildman–Crippen LogP) is 3.21. The number of rotatable bonds is 4. The first kappa shape index (κ1) is 18.3. The standard InChI is InChI=1S/C20H27N5O/c1-13-6-7-16(14(2)22-13)17-8-9-21-19(24-17)23-15-10-18(26)25(11-15)12-20(3,4)5/h6-9,15H,10-12H2,1-5H3,(H,21,23,24)/t15-/m1/s1. The summed E-state index contributed by atoms with van der Waals surface area (Å²) in [4.78, 5) is 27.6. The molecule has 3 heterocycles. The number of anilines is 1. The van der Waals surface area contributed by atoms with Gasteiger partial charge in [0.05, 0.1) is 11.7 Å². The van der Waals surface area contributed by atoms with Crippen molar-refractivity contribution in [1.82, 2.24) is 19.9 Å². The molecular weight excluding hydrogens is 326 g/mol. The number of carbonyl (C=O) groups is 1. The van der Waals surface area contributed by atoms with Crippen molar-refractivity contribution >= 4 is 11.9 Å². The van der Waals surface area contributed by atoms with Gasteiger partial charge < -0.3 is 10.2 Å². The number of nitrogens with zero attached hydrogens (tertiary/aromatic N) is 4. The summed E-state index contributed by atoms with van der Waals surface area (Å²) >= 11 is 0. The van der Waals surface area contributed by atoms with Crippen molar-refractivity contribution in [2.75, 3.05) is 18.4 Å². The Balaban J connectivity index is 1.73. The SMILES string of the molecule is Cc1ccc(-c2ccnc(N[C@@H]3CC(=O)N(CC(C)(C)C)C3)n2)c(C)n1. The summed E-state index contributed by atoms with van der Waals surface area (Å²) in [6.45, 7) is 11.8. The normalized spacial score (nSPS) is 17.7. The van der Waals surface area contributed by atoms with Gasteiger partial charge in [-0.3, -0.25) is 9.78 Å². The van der Waals surface area contributed by atoms with E-state index in [1.165, 1.54) is 0 Å². The summed E-state index contributed by atoms with van der Waals surface area (Å²) in [6, 6.07) is 5.94. The lowest BCUT2D eigenvalue weighted by molar-refractivity contribution is -0.128. The fourth-order valence-corrected chi connectivity index (χ4v) is 3.31. The van der Waals surface area contributed by atoms with Gasteiger partial charge in [0.15, 0.2) is 0 Å². The van der Waals surface area contributed by atoms with Crippen LogP contribution in [0.1, 0.15) is 38.6 Å². The maximum atomic E-state index is 12.3. The highest BCUT2D eigenvalue weighted by molar-refractivity contribution is 5.80. The Bertz CT molecular complexity index is 812. The Kier molecular flexibility index (Phi) is 4.94. The van der Waals surface area contributed by atoms with Gasteiger partial charge >= 0.3 is 0 Å². The van der Waals surface area contributed by atoms with Crippen molar-refractivity contribution in [2.24, 2.45) is 5.41 Å². The lowest BCUT2D eigenvalue weighted by Crippen LogP contribution is -2.35. The molecule has 1 aliphatic rings. The van der Waals surface area contributed by atoms with Crippen LogP contribution < -0.4 is 5.32 Å². The minimum Gasteiger partial charge on any atom is -0.349 e. The molecule has 1 N–H and O–H groups in total.